The summed E-state index contributed by atoms with van der Waals surface area (Å²) in [5, 5.41) is 21.1. The first-order valence-corrected chi connectivity index (χ1v) is 11.5. The van der Waals surface area contributed by atoms with Gasteiger partial charge in [-0.3, -0.25) is 4.79 Å². The summed E-state index contributed by atoms with van der Waals surface area (Å²) in [6.07, 6.45) is 4.23. The molecule has 33 heavy (non-hydrogen) atoms. The predicted octanol–water partition coefficient (Wildman–Crippen LogP) is 5.79. The molecule has 0 bridgehead atoms. The molecule has 0 aliphatic heterocycles. The molecule has 7 nitrogen and oxygen atoms in total. The lowest BCUT2D eigenvalue weighted by atomic mass is 10.0. The van der Waals surface area contributed by atoms with E-state index in [0.717, 1.165) is 31.4 Å². The van der Waals surface area contributed by atoms with Gasteiger partial charge < -0.3 is 15.7 Å². The van der Waals surface area contributed by atoms with E-state index in [4.69, 9.17) is 11.6 Å². The van der Waals surface area contributed by atoms with Crippen LogP contribution >= 0.6 is 11.6 Å². The van der Waals surface area contributed by atoms with Crippen LogP contribution in [0.2, 0.25) is 5.02 Å². The second-order valence-electron chi connectivity index (χ2n) is 8.62. The Bertz CT molecular complexity index is 1180. The number of amides is 2. The molecule has 0 unspecified atom stereocenters. The number of carbonyl (C=O) groups is 2. The molecule has 3 aromatic rings. The molecule has 0 radical (unpaired) electrons. The standard InChI is InChI=1S/C25H27ClN4O3/c1-15(2)27-25(33)30-22(16-7-3-4-8-16)14-21(29-30)19-13-17(11-12-23(19)31)28-24(32)18-9-5-6-10-20(18)26/h5-6,9-16,31H,3-4,7-8H2,1-2H3,(H,27,33)(H,28,32). The maximum Gasteiger partial charge on any atom is 0.342 e. The third-order valence-corrected chi connectivity index (χ3v) is 6.09. The van der Waals surface area contributed by atoms with Gasteiger partial charge in [0, 0.05) is 23.2 Å². The number of benzene rings is 2. The van der Waals surface area contributed by atoms with Crippen molar-refractivity contribution in [1.82, 2.24) is 15.1 Å². The first-order valence-electron chi connectivity index (χ1n) is 11.1. The molecular formula is C25H27ClN4O3. The fourth-order valence-corrected chi connectivity index (χ4v) is 4.39. The van der Waals surface area contributed by atoms with Crippen LogP contribution in [0.3, 0.4) is 0 Å². The highest BCUT2D eigenvalue weighted by Crippen LogP contribution is 2.38. The zero-order chi connectivity index (χ0) is 23.5. The number of carbonyl (C=O) groups excluding carboxylic acids is 2. The van der Waals surface area contributed by atoms with Gasteiger partial charge in [-0.1, -0.05) is 36.6 Å². The zero-order valence-electron chi connectivity index (χ0n) is 18.6. The van der Waals surface area contributed by atoms with Crippen LogP contribution in [0, 0.1) is 0 Å². The molecule has 0 spiro atoms. The van der Waals surface area contributed by atoms with E-state index in [1.165, 1.54) is 10.7 Å². The average Bonchev–Trinajstić information content (AvgIpc) is 3.45. The predicted molar refractivity (Wildman–Crippen MR) is 129 cm³/mol. The van der Waals surface area contributed by atoms with Crippen LogP contribution in [0.4, 0.5) is 10.5 Å². The van der Waals surface area contributed by atoms with Gasteiger partial charge in [0.2, 0.25) is 0 Å². The van der Waals surface area contributed by atoms with E-state index < -0.39 is 0 Å². The number of hydrogen-bond acceptors (Lipinski definition) is 4. The lowest BCUT2D eigenvalue weighted by Gasteiger charge is -2.13. The summed E-state index contributed by atoms with van der Waals surface area (Å²) >= 11 is 6.13. The van der Waals surface area contributed by atoms with Crippen molar-refractivity contribution in [3.8, 4) is 17.0 Å². The lowest BCUT2D eigenvalue weighted by Crippen LogP contribution is -2.35. The third kappa shape index (κ3) is 5.03. The number of rotatable bonds is 5. The highest BCUT2D eigenvalue weighted by atomic mass is 35.5. The summed E-state index contributed by atoms with van der Waals surface area (Å²) in [6, 6.07) is 13.1. The van der Waals surface area contributed by atoms with Crippen molar-refractivity contribution in [2.75, 3.05) is 5.32 Å². The van der Waals surface area contributed by atoms with E-state index in [1.54, 1.807) is 36.4 Å². The Morgan fingerprint density at radius 1 is 1.12 bits per heavy atom. The van der Waals surface area contributed by atoms with Gasteiger partial charge in [-0.25, -0.2) is 4.79 Å². The molecular weight excluding hydrogens is 440 g/mol. The van der Waals surface area contributed by atoms with Gasteiger partial charge in [0.25, 0.3) is 5.91 Å². The highest BCUT2D eigenvalue weighted by Gasteiger charge is 2.26. The topological polar surface area (TPSA) is 96.3 Å². The monoisotopic (exact) mass is 466 g/mol. The molecule has 1 aromatic heterocycles. The van der Waals surface area contributed by atoms with E-state index >= 15 is 0 Å². The molecule has 2 aromatic carbocycles. The molecule has 1 saturated carbocycles. The number of phenolic OH excluding ortho intramolecular Hbond substituents is 1. The third-order valence-electron chi connectivity index (χ3n) is 5.76. The Labute approximate surface area is 197 Å². The van der Waals surface area contributed by atoms with Gasteiger partial charge in [0.05, 0.1) is 22.0 Å². The van der Waals surface area contributed by atoms with Gasteiger partial charge in [-0.2, -0.15) is 9.78 Å². The molecule has 0 saturated heterocycles. The smallest absolute Gasteiger partial charge is 0.342 e. The minimum Gasteiger partial charge on any atom is -0.507 e. The van der Waals surface area contributed by atoms with Crippen LogP contribution in [-0.4, -0.2) is 32.9 Å². The Morgan fingerprint density at radius 2 is 1.85 bits per heavy atom. The van der Waals surface area contributed by atoms with Crippen LogP contribution in [0.5, 0.6) is 5.75 Å². The number of aromatic hydroxyl groups is 1. The second-order valence-corrected chi connectivity index (χ2v) is 9.02. The largest absolute Gasteiger partial charge is 0.507 e. The second kappa shape index (κ2) is 9.67. The fourth-order valence-electron chi connectivity index (χ4n) is 4.17. The van der Waals surface area contributed by atoms with Gasteiger partial charge in [0.15, 0.2) is 0 Å². The van der Waals surface area contributed by atoms with E-state index in [9.17, 15) is 14.7 Å². The number of nitrogens with zero attached hydrogens (tertiary/aromatic N) is 2. The van der Waals surface area contributed by atoms with Gasteiger partial charge in [-0.15, -0.1) is 0 Å². The minimum atomic E-state index is -0.356. The maximum absolute atomic E-state index is 12.8. The molecule has 1 fully saturated rings. The Hall–Kier alpha value is -3.32. The van der Waals surface area contributed by atoms with Crippen LogP contribution in [0.25, 0.3) is 11.3 Å². The van der Waals surface area contributed by atoms with E-state index in [-0.39, 0.29) is 29.6 Å². The number of phenols is 1. The van der Waals surface area contributed by atoms with Crippen molar-refractivity contribution in [2.45, 2.75) is 51.5 Å². The van der Waals surface area contributed by atoms with E-state index in [2.05, 4.69) is 15.7 Å². The van der Waals surface area contributed by atoms with Crippen LogP contribution in [0.15, 0.2) is 48.5 Å². The summed E-state index contributed by atoms with van der Waals surface area (Å²) in [5.41, 5.74) is 2.58. The summed E-state index contributed by atoms with van der Waals surface area (Å²) in [6.45, 7) is 3.79. The van der Waals surface area contributed by atoms with E-state index in [0.29, 0.717) is 27.5 Å². The number of anilines is 1. The summed E-state index contributed by atoms with van der Waals surface area (Å²) in [5.74, 6) is -0.0993. The SMILES string of the molecule is CC(C)NC(=O)n1nc(-c2cc(NC(=O)c3ccccc3Cl)ccc2O)cc1C1CCCC1. The maximum atomic E-state index is 12.8. The normalized spacial score (nSPS) is 13.9. The van der Waals surface area contributed by atoms with Crippen molar-refractivity contribution in [3.05, 3.63) is 64.8 Å². The summed E-state index contributed by atoms with van der Waals surface area (Å²) in [4.78, 5) is 25.5. The van der Waals surface area contributed by atoms with E-state index in [1.807, 2.05) is 19.9 Å². The van der Waals surface area contributed by atoms with Crippen molar-refractivity contribution in [2.24, 2.45) is 0 Å². The van der Waals surface area contributed by atoms with Crippen molar-refractivity contribution >= 4 is 29.2 Å². The van der Waals surface area contributed by atoms with Crippen LogP contribution in [-0.2, 0) is 0 Å². The van der Waals surface area contributed by atoms with Gasteiger partial charge in [-0.05, 0) is 63.1 Å². The minimum absolute atomic E-state index is 0.0117. The van der Waals surface area contributed by atoms with Gasteiger partial charge >= 0.3 is 6.03 Å². The first-order chi connectivity index (χ1) is 15.8. The van der Waals surface area contributed by atoms with Gasteiger partial charge in [0.1, 0.15) is 5.75 Å². The number of hydrogen-bond donors (Lipinski definition) is 3. The number of halogens is 1. The molecule has 0 atom stereocenters. The number of nitrogens with one attached hydrogen (secondary N) is 2. The van der Waals surface area contributed by atoms with Crippen LogP contribution in [0.1, 0.15) is 61.5 Å². The fraction of sp³-hybridized carbons (Fsp3) is 0.320. The Morgan fingerprint density at radius 3 is 2.55 bits per heavy atom. The molecule has 3 N–H and O–H groups in total. The summed E-state index contributed by atoms with van der Waals surface area (Å²) < 4.78 is 1.42. The molecule has 1 aliphatic carbocycles. The molecule has 8 heteroatoms. The highest BCUT2D eigenvalue weighted by molar-refractivity contribution is 6.34. The molecule has 1 heterocycles. The van der Waals surface area contributed by atoms with Crippen LogP contribution < -0.4 is 10.6 Å². The summed E-state index contributed by atoms with van der Waals surface area (Å²) in [7, 11) is 0. The molecule has 1 aliphatic rings. The van der Waals surface area contributed by atoms with Crippen molar-refractivity contribution in [3.63, 3.8) is 0 Å². The lowest BCUT2D eigenvalue weighted by molar-refractivity contribution is 0.102. The molecule has 172 valence electrons. The number of aromatic nitrogens is 2. The average molecular weight is 467 g/mol. The molecule has 2 amide bonds. The zero-order valence-corrected chi connectivity index (χ0v) is 19.4. The van der Waals surface area contributed by atoms with Crippen molar-refractivity contribution in [1.29, 1.82) is 0 Å². The Kier molecular flexibility index (Phi) is 6.70. The molecule has 4 rings (SSSR count). The quantitative estimate of drug-likeness (QED) is 0.415. The first kappa shape index (κ1) is 22.9. The Balaban J connectivity index is 1.67. The van der Waals surface area contributed by atoms with Crippen molar-refractivity contribution < 1.29 is 14.7 Å².